The molecule has 1 aliphatic rings. The number of benzene rings is 1. The molecule has 1 aromatic heterocycles. The highest BCUT2D eigenvalue weighted by Crippen LogP contribution is 2.25. The molecule has 0 radical (unpaired) electrons. The lowest BCUT2D eigenvalue weighted by atomic mass is 10.1. The number of hydrogen-bond donors (Lipinski definition) is 1. The minimum atomic E-state index is -0.377. The summed E-state index contributed by atoms with van der Waals surface area (Å²) in [5.41, 5.74) is 6.48. The van der Waals surface area contributed by atoms with Crippen molar-refractivity contribution in [1.82, 2.24) is 9.99 Å². The van der Waals surface area contributed by atoms with Crippen molar-refractivity contribution < 1.29 is 9.59 Å². The number of aryl methyl sites for hydroxylation is 1. The summed E-state index contributed by atoms with van der Waals surface area (Å²) >= 11 is 0. The molecule has 3 rings (SSSR count). The van der Waals surface area contributed by atoms with E-state index in [-0.39, 0.29) is 17.4 Å². The third kappa shape index (κ3) is 2.62. The number of amides is 2. The zero-order valence-corrected chi connectivity index (χ0v) is 14.3. The van der Waals surface area contributed by atoms with Crippen molar-refractivity contribution in [3.05, 3.63) is 58.9 Å². The number of hydrazine groups is 1. The Kier molecular flexibility index (Phi) is 4.01. The van der Waals surface area contributed by atoms with E-state index < -0.39 is 0 Å². The molecule has 24 heavy (non-hydrogen) atoms. The zero-order valence-electron chi connectivity index (χ0n) is 14.3. The van der Waals surface area contributed by atoms with Crippen LogP contribution >= 0.6 is 0 Å². The van der Waals surface area contributed by atoms with E-state index in [0.29, 0.717) is 11.7 Å². The van der Waals surface area contributed by atoms with Crippen molar-refractivity contribution >= 4 is 23.6 Å². The Bertz CT molecular complexity index is 832. The number of para-hydroxylation sites is 1. The normalized spacial score (nSPS) is 16.4. The number of aromatic nitrogens is 1. The molecule has 0 spiro atoms. The first-order valence-corrected chi connectivity index (χ1v) is 8.00. The molecule has 2 heterocycles. The van der Waals surface area contributed by atoms with Crippen LogP contribution in [-0.2, 0) is 9.59 Å². The molecule has 0 bridgehead atoms. The van der Waals surface area contributed by atoms with Crippen LogP contribution in [0.15, 0.2) is 42.0 Å². The molecular weight excluding hydrogens is 302 g/mol. The van der Waals surface area contributed by atoms with Gasteiger partial charge in [-0.15, -0.1) is 0 Å². The standard InChI is InChI=1S/C19H21N3O2/c1-12(2)21-13(3)10-15(14(21)4)11-17-18(23)20-22(19(17)24)16-8-6-5-7-9-16/h5-12H,1-4H3,(H,20,23)/b17-11-. The van der Waals surface area contributed by atoms with E-state index in [1.54, 1.807) is 18.2 Å². The van der Waals surface area contributed by atoms with E-state index in [4.69, 9.17) is 0 Å². The second-order valence-corrected chi connectivity index (χ2v) is 6.27. The third-order valence-electron chi connectivity index (χ3n) is 4.25. The fourth-order valence-corrected chi connectivity index (χ4v) is 3.22. The summed E-state index contributed by atoms with van der Waals surface area (Å²) in [4.78, 5) is 24.9. The summed E-state index contributed by atoms with van der Waals surface area (Å²) in [5.74, 6) is -0.709. The van der Waals surface area contributed by atoms with Gasteiger partial charge < -0.3 is 4.57 Å². The predicted molar refractivity (Wildman–Crippen MR) is 94.3 cm³/mol. The van der Waals surface area contributed by atoms with E-state index in [2.05, 4.69) is 23.8 Å². The summed E-state index contributed by atoms with van der Waals surface area (Å²) < 4.78 is 2.19. The zero-order chi connectivity index (χ0) is 17.4. The van der Waals surface area contributed by atoms with Gasteiger partial charge in [-0.05, 0) is 57.5 Å². The molecule has 124 valence electrons. The fourth-order valence-electron chi connectivity index (χ4n) is 3.22. The number of nitrogens with zero attached hydrogens (tertiary/aromatic N) is 2. The SMILES string of the molecule is Cc1cc(/C=C2/C(=O)NN(c3ccccc3)C2=O)c(C)n1C(C)C. The Balaban J connectivity index is 1.98. The Morgan fingerprint density at radius 2 is 1.75 bits per heavy atom. The molecule has 2 amide bonds. The van der Waals surface area contributed by atoms with Gasteiger partial charge in [-0.3, -0.25) is 15.0 Å². The topological polar surface area (TPSA) is 54.3 Å². The van der Waals surface area contributed by atoms with Crippen LogP contribution in [0.25, 0.3) is 6.08 Å². The molecule has 0 atom stereocenters. The van der Waals surface area contributed by atoms with E-state index in [1.807, 2.05) is 38.1 Å². The first-order chi connectivity index (χ1) is 11.4. The van der Waals surface area contributed by atoms with Crippen molar-refractivity contribution in [2.24, 2.45) is 0 Å². The summed E-state index contributed by atoms with van der Waals surface area (Å²) in [6, 6.07) is 11.4. The highest BCUT2D eigenvalue weighted by molar-refractivity contribution is 6.31. The monoisotopic (exact) mass is 323 g/mol. The Labute approximate surface area is 141 Å². The maximum absolute atomic E-state index is 12.6. The van der Waals surface area contributed by atoms with E-state index in [0.717, 1.165) is 17.0 Å². The molecule has 1 aromatic carbocycles. The quantitative estimate of drug-likeness (QED) is 0.697. The first-order valence-electron chi connectivity index (χ1n) is 8.00. The van der Waals surface area contributed by atoms with Crippen LogP contribution in [0, 0.1) is 13.8 Å². The van der Waals surface area contributed by atoms with Gasteiger partial charge in [0.2, 0.25) is 0 Å². The number of carbonyl (C=O) groups is 2. The van der Waals surface area contributed by atoms with E-state index in [1.165, 1.54) is 5.01 Å². The number of hydrogen-bond acceptors (Lipinski definition) is 2. The van der Waals surface area contributed by atoms with Crippen molar-refractivity contribution in [1.29, 1.82) is 0 Å². The van der Waals surface area contributed by atoms with Gasteiger partial charge in [0.15, 0.2) is 0 Å². The molecular formula is C19H21N3O2. The third-order valence-corrected chi connectivity index (χ3v) is 4.25. The van der Waals surface area contributed by atoms with Crippen LogP contribution in [0.3, 0.4) is 0 Å². The summed E-state index contributed by atoms with van der Waals surface area (Å²) in [7, 11) is 0. The molecule has 1 saturated heterocycles. The van der Waals surface area contributed by atoms with Crippen LogP contribution in [0.1, 0.15) is 36.8 Å². The fraction of sp³-hybridized carbons (Fsp3) is 0.263. The van der Waals surface area contributed by atoms with Gasteiger partial charge in [0, 0.05) is 17.4 Å². The lowest BCUT2D eigenvalue weighted by Gasteiger charge is -2.14. The second-order valence-electron chi connectivity index (χ2n) is 6.27. The lowest BCUT2D eigenvalue weighted by molar-refractivity contribution is -0.117. The Morgan fingerprint density at radius 3 is 2.33 bits per heavy atom. The molecule has 0 unspecified atom stereocenters. The highest BCUT2D eigenvalue weighted by Gasteiger charge is 2.34. The van der Waals surface area contributed by atoms with Crippen molar-refractivity contribution in [2.45, 2.75) is 33.7 Å². The number of anilines is 1. The van der Waals surface area contributed by atoms with Gasteiger partial charge in [-0.2, -0.15) is 0 Å². The molecule has 5 heteroatoms. The smallest absolute Gasteiger partial charge is 0.282 e. The summed E-state index contributed by atoms with van der Waals surface area (Å²) in [6.07, 6.45) is 1.68. The first kappa shape index (κ1) is 16.1. The molecule has 5 nitrogen and oxygen atoms in total. The van der Waals surface area contributed by atoms with Gasteiger partial charge >= 0.3 is 0 Å². The van der Waals surface area contributed by atoms with Gasteiger partial charge in [0.05, 0.1) is 5.69 Å². The highest BCUT2D eigenvalue weighted by atomic mass is 16.2. The van der Waals surface area contributed by atoms with Crippen LogP contribution in [-0.4, -0.2) is 16.4 Å². The molecule has 0 saturated carbocycles. The molecule has 1 fully saturated rings. The largest absolute Gasteiger partial charge is 0.346 e. The van der Waals surface area contributed by atoms with E-state index in [9.17, 15) is 9.59 Å². The number of carbonyl (C=O) groups excluding carboxylic acids is 2. The maximum Gasteiger partial charge on any atom is 0.282 e. The van der Waals surface area contributed by atoms with Crippen LogP contribution in [0.4, 0.5) is 5.69 Å². The Morgan fingerprint density at radius 1 is 1.08 bits per heavy atom. The molecule has 1 N–H and O–H groups in total. The predicted octanol–water partition coefficient (Wildman–Crippen LogP) is 3.15. The molecule has 0 aliphatic carbocycles. The van der Waals surface area contributed by atoms with E-state index >= 15 is 0 Å². The van der Waals surface area contributed by atoms with Gasteiger partial charge in [0.25, 0.3) is 11.8 Å². The van der Waals surface area contributed by atoms with Gasteiger partial charge in [-0.25, -0.2) is 5.01 Å². The summed E-state index contributed by atoms with van der Waals surface area (Å²) in [6.45, 7) is 8.26. The van der Waals surface area contributed by atoms with Gasteiger partial charge in [0.1, 0.15) is 5.57 Å². The molecule has 1 aliphatic heterocycles. The lowest BCUT2D eigenvalue weighted by Crippen LogP contribution is -2.35. The van der Waals surface area contributed by atoms with Crippen LogP contribution in [0.5, 0.6) is 0 Å². The average Bonchev–Trinajstić information content (AvgIpc) is 2.98. The minimum Gasteiger partial charge on any atom is -0.346 e. The average molecular weight is 323 g/mol. The van der Waals surface area contributed by atoms with Crippen molar-refractivity contribution in [3.8, 4) is 0 Å². The second kappa shape index (κ2) is 6.00. The van der Waals surface area contributed by atoms with Gasteiger partial charge in [-0.1, -0.05) is 18.2 Å². The van der Waals surface area contributed by atoms with Crippen LogP contribution < -0.4 is 10.4 Å². The minimum absolute atomic E-state index is 0.155. The number of rotatable bonds is 3. The Hall–Kier alpha value is -2.82. The molecule has 2 aromatic rings. The van der Waals surface area contributed by atoms with Crippen LogP contribution in [0.2, 0.25) is 0 Å². The maximum atomic E-state index is 12.6. The number of nitrogens with one attached hydrogen (secondary N) is 1. The van der Waals surface area contributed by atoms with Crippen molar-refractivity contribution in [2.75, 3.05) is 5.01 Å². The van der Waals surface area contributed by atoms with Crippen molar-refractivity contribution in [3.63, 3.8) is 0 Å². The summed E-state index contributed by atoms with van der Waals surface area (Å²) in [5, 5.41) is 1.29.